The summed E-state index contributed by atoms with van der Waals surface area (Å²) in [5.74, 6) is 1.60. The Morgan fingerprint density at radius 3 is 2.68 bits per heavy atom. The zero-order chi connectivity index (χ0) is 17.2. The third-order valence-corrected chi connectivity index (χ3v) is 5.48. The summed E-state index contributed by atoms with van der Waals surface area (Å²) in [7, 11) is 0. The second kappa shape index (κ2) is 6.90. The van der Waals surface area contributed by atoms with Crippen LogP contribution in [0.3, 0.4) is 0 Å². The van der Waals surface area contributed by atoms with E-state index in [2.05, 4.69) is 15.4 Å². The maximum atomic E-state index is 13.0. The molecule has 7 heteroatoms. The second-order valence-corrected chi connectivity index (χ2v) is 7.08. The molecule has 4 rings (SSSR count). The lowest BCUT2D eigenvalue weighted by Crippen LogP contribution is -2.46. The van der Waals surface area contributed by atoms with Crippen molar-refractivity contribution in [1.82, 2.24) is 25.1 Å². The smallest absolute Gasteiger partial charge is 0.246 e. The van der Waals surface area contributed by atoms with E-state index in [-0.39, 0.29) is 18.3 Å². The summed E-state index contributed by atoms with van der Waals surface area (Å²) in [6.07, 6.45) is 6.30. The fraction of sp³-hybridized carbons (Fsp3) is 0.556. The Morgan fingerprint density at radius 2 is 1.88 bits per heavy atom. The highest BCUT2D eigenvalue weighted by Crippen LogP contribution is 2.36. The van der Waals surface area contributed by atoms with E-state index in [1.165, 1.54) is 42.6 Å². The molecule has 2 aliphatic rings. The minimum atomic E-state index is -0.308. The Bertz CT molecular complexity index is 744. The van der Waals surface area contributed by atoms with Crippen LogP contribution in [0.4, 0.5) is 4.39 Å². The predicted molar refractivity (Wildman–Crippen MR) is 89.9 cm³/mol. The van der Waals surface area contributed by atoms with Gasteiger partial charge in [0.2, 0.25) is 11.7 Å². The minimum absolute atomic E-state index is 0.0482. The number of piperidine rings is 1. The van der Waals surface area contributed by atoms with E-state index in [0.717, 1.165) is 25.4 Å². The van der Waals surface area contributed by atoms with Crippen molar-refractivity contribution in [2.24, 2.45) is 11.8 Å². The average Bonchev–Trinajstić information content (AvgIpc) is 3.10. The summed E-state index contributed by atoms with van der Waals surface area (Å²) in [6.45, 7) is 1.80. The monoisotopic (exact) mass is 343 g/mol. The van der Waals surface area contributed by atoms with Crippen LogP contribution < -0.4 is 0 Å². The van der Waals surface area contributed by atoms with E-state index in [0.29, 0.717) is 17.3 Å². The molecular formula is C18H22FN5O. The standard InChI is InChI=1S/C18H22FN5O/c19-16-7-5-14(6-8-16)18-20-22-24(21-18)12-17(25)23-10-9-13-3-1-2-4-15(13)11-23/h5-8,13,15H,1-4,9-12H2/t13-,15-/m1/s1. The summed E-state index contributed by atoms with van der Waals surface area (Å²) in [5.41, 5.74) is 0.683. The van der Waals surface area contributed by atoms with E-state index in [9.17, 15) is 9.18 Å². The van der Waals surface area contributed by atoms with Gasteiger partial charge in [0.05, 0.1) is 0 Å². The lowest BCUT2D eigenvalue weighted by molar-refractivity contribution is -0.135. The van der Waals surface area contributed by atoms with Crippen molar-refractivity contribution in [2.45, 2.75) is 38.6 Å². The first-order chi connectivity index (χ1) is 12.2. The molecular weight excluding hydrogens is 321 g/mol. The van der Waals surface area contributed by atoms with Gasteiger partial charge in [-0.05, 0) is 54.2 Å². The Kier molecular flexibility index (Phi) is 4.46. The molecule has 1 aromatic heterocycles. The van der Waals surface area contributed by atoms with Gasteiger partial charge in [0.15, 0.2) is 0 Å². The largest absolute Gasteiger partial charge is 0.341 e. The highest BCUT2D eigenvalue weighted by atomic mass is 19.1. The van der Waals surface area contributed by atoms with Gasteiger partial charge >= 0.3 is 0 Å². The van der Waals surface area contributed by atoms with Crippen LogP contribution in [0.15, 0.2) is 24.3 Å². The van der Waals surface area contributed by atoms with E-state index >= 15 is 0 Å². The molecule has 1 amide bonds. The van der Waals surface area contributed by atoms with Crippen LogP contribution in [0.25, 0.3) is 11.4 Å². The van der Waals surface area contributed by atoms with Crippen molar-refractivity contribution in [3.63, 3.8) is 0 Å². The number of amides is 1. The van der Waals surface area contributed by atoms with E-state index in [1.54, 1.807) is 12.1 Å². The van der Waals surface area contributed by atoms with Crippen LogP contribution in [0.2, 0.25) is 0 Å². The number of rotatable bonds is 3. The quantitative estimate of drug-likeness (QED) is 0.859. The fourth-order valence-corrected chi connectivity index (χ4v) is 4.07. The molecule has 0 bridgehead atoms. The van der Waals surface area contributed by atoms with Crippen LogP contribution in [0.1, 0.15) is 32.1 Å². The van der Waals surface area contributed by atoms with Crippen LogP contribution in [-0.4, -0.2) is 44.1 Å². The molecule has 1 aliphatic carbocycles. The van der Waals surface area contributed by atoms with Gasteiger partial charge in [0.25, 0.3) is 0 Å². The summed E-state index contributed by atoms with van der Waals surface area (Å²) in [5, 5.41) is 12.2. The van der Waals surface area contributed by atoms with Gasteiger partial charge in [-0.1, -0.05) is 19.3 Å². The van der Waals surface area contributed by atoms with Crippen molar-refractivity contribution in [3.8, 4) is 11.4 Å². The predicted octanol–water partition coefficient (Wildman–Crippen LogP) is 2.52. The van der Waals surface area contributed by atoms with Crippen molar-refractivity contribution in [1.29, 1.82) is 0 Å². The highest BCUT2D eigenvalue weighted by molar-refractivity contribution is 5.76. The molecule has 25 heavy (non-hydrogen) atoms. The number of aromatic nitrogens is 4. The summed E-state index contributed by atoms with van der Waals surface area (Å²) in [6, 6.07) is 5.92. The molecule has 0 unspecified atom stereocenters. The molecule has 132 valence electrons. The number of benzene rings is 1. The van der Waals surface area contributed by atoms with Crippen molar-refractivity contribution >= 4 is 5.91 Å². The Labute approximate surface area is 146 Å². The number of tetrazole rings is 1. The summed E-state index contributed by atoms with van der Waals surface area (Å²) >= 11 is 0. The lowest BCUT2D eigenvalue weighted by atomic mass is 9.75. The van der Waals surface area contributed by atoms with E-state index < -0.39 is 0 Å². The molecule has 6 nitrogen and oxygen atoms in total. The number of carbonyl (C=O) groups excluding carboxylic acids is 1. The third-order valence-electron chi connectivity index (χ3n) is 5.48. The van der Waals surface area contributed by atoms with E-state index in [4.69, 9.17) is 0 Å². The normalized spacial score (nSPS) is 23.3. The van der Waals surface area contributed by atoms with Gasteiger partial charge in [0, 0.05) is 18.7 Å². The molecule has 2 heterocycles. The van der Waals surface area contributed by atoms with Crippen LogP contribution in [0.5, 0.6) is 0 Å². The maximum Gasteiger partial charge on any atom is 0.246 e. The number of carbonyl (C=O) groups is 1. The molecule has 1 saturated heterocycles. The Hall–Kier alpha value is -2.31. The maximum absolute atomic E-state index is 13.0. The minimum Gasteiger partial charge on any atom is -0.341 e. The number of fused-ring (bicyclic) bond motifs is 1. The first kappa shape index (κ1) is 16.2. The second-order valence-electron chi connectivity index (χ2n) is 7.08. The molecule has 1 aliphatic heterocycles. The fourth-order valence-electron chi connectivity index (χ4n) is 4.07. The lowest BCUT2D eigenvalue weighted by Gasteiger charge is -2.41. The number of hydrogen-bond acceptors (Lipinski definition) is 4. The molecule has 2 aromatic rings. The number of halogens is 1. The molecule has 2 fully saturated rings. The average molecular weight is 343 g/mol. The third kappa shape index (κ3) is 3.55. The molecule has 0 radical (unpaired) electrons. The van der Waals surface area contributed by atoms with Gasteiger partial charge in [-0.15, -0.1) is 10.2 Å². The van der Waals surface area contributed by atoms with Gasteiger partial charge in [-0.2, -0.15) is 4.80 Å². The first-order valence-electron chi connectivity index (χ1n) is 9.00. The van der Waals surface area contributed by atoms with Gasteiger partial charge in [0.1, 0.15) is 12.4 Å². The SMILES string of the molecule is O=C(Cn1nnc(-c2ccc(F)cc2)n1)N1CC[C@H]2CCCC[C@@H]2C1. The van der Waals surface area contributed by atoms with Crippen molar-refractivity contribution in [2.75, 3.05) is 13.1 Å². The van der Waals surface area contributed by atoms with E-state index in [1.807, 2.05) is 4.90 Å². The number of nitrogens with zero attached hydrogens (tertiary/aromatic N) is 5. The zero-order valence-electron chi connectivity index (χ0n) is 14.1. The zero-order valence-corrected chi connectivity index (χ0v) is 14.1. The Balaban J connectivity index is 1.39. The number of likely N-dealkylation sites (tertiary alicyclic amines) is 1. The van der Waals surface area contributed by atoms with Gasteiger partial charge in [-0.3, -0.25) is 4.79 Å². The highest BCUT2D eigenvalue weighted by Gasteiger charge is 2.33. The van der Waals surface area contributed by atoms with Crippen molar-refractivity contribution in [3.05, 3.63) is 30.1 Å². The molecule has 0 N–H and O–H groups in total. The first-order valence-corrected chi connectivity index (χ1v) is 9.00. The molecule has 1 aromatic carbocycles. The summed E-state index contributed by atoms with van der Waals surface area (Å²) < 4.78 is 13.0. The van der Waals surface area contributed by atoms with Crippen LogP contribution in [0, 0.1) is 17.7 Å². The Morgan fingerprint density at radius 1 is 1.12 bits per heavy atom. The molecule has 1 saturated carbocycles. The molecule has 0 spiro atoms. The summed E-state index contributed by atoms with van der Waals surface area (Å²) in [4.78, 5) is 15.9. The topological polar surface area (TPSA) is 63.9 Å². The van der Waals surface area contributed by atoms with Crippen molar-refractivity contribution < 1.29 is 9.18 Å². The molecule has 2 atom stereocenters. The van der Waals surface area contributed by atoms with Gasteiger partial charge < -0.3 is 4.90 Å². The van der Waals surface area contributed by atoms with Crippen LogP contribution in [-0.2, 0) is 11.3 Å². The van der Waals surface area contributed by atoms with Crippen LogP contribution >= 0.6 is 0 Å². The van der Waals surface area contributed by atoms with Gasteiger partial charge in [-0.25, -0.2) is 4.39 Å². The number of hydrogen-bond donors (Lipinski definition) is 0.